The first-order valence-corrected chi connectivity index (χ1v) is 7.04. The molecular weight excluding hydrogens is 266 g/mol. The van der Waals surface area contributed by atoms with E-state index in [4.69, 9.17) is 0 Å². The number of benzene rings is 1. The minimum atomic E-state index is -0.320. The Morgan fingerprint density at radius 3 is 2.05 bits per heavy atom. The molecule has 1 rings (SSSR count). The summed E-state index contributed by atoms with van der Waals surface area (Å²) in [5.74, 6) is -0.453. The molecule has 0 aliphatic rings. The van der Waals surface area contributed by atoms with Crippen molar-refractivity contribution in [1.82, 2.24) is 4.90 Å². The van der Waals surface area contributed by atoms with Crippen LogP contribution < -0.4 is 0 Å². The predicted octanol–water partition coefficient (Wildman–Crippen LogP) is 4.21. The minimum absolute atomic E-state index is 0.0128. The van der Waals surface area contributed by atoms with Crippen LogP contribution in [0.25, 0.3) is 0 Å². The molecule has 0 bridgehead atoms. The highest BCUT2D eigenvalue weighted by molar-refractivity contribution is 5.93. The summed E-state index contributed by atoms with van der Waals surface area (Å²) in [6.45, 7) is 9.15. The van der Waals surface area contributed by atoms with Crippen molar-refractivity contribution in [2.75, 3.05) is 0 Å². The van der Waals surface area contributed by atoms with Crippen molar-refractivity contribution in [1.29, 1.82) is 0 Å². The van der Waals surface area contributed by atoms with Crippen molar-refractivity contribution >= 4 is 11.6 Å². The Morgan fingerprint density at radius 1 is 1.10 bits per heavy atom. The molecule has 0 heterocycles. The molecule has 0 spiro atoms. The van der Waals surface area contributed by atoms with E-state index >= 15 is 0 Å². The van der Waals surface area contributed by atoms with Crippen molar-refractivity contribution in [3.05, 3.63) is 41.8 Å². The molecule has 114 valence electrons. The molecular formula is C16H23N3O2. The van der Waals surface area contributed by atoms with Gasteiger partial charge in [0.1, 0.15) is 5.76 Å². The zero-order valence-electron chi connectivity index (χ0n) is 13.2. The number of hydrogen-bond donors (Lipinski definition) is 1. The van der Waals surface area contributed by atoms with Gasteiger partial charge in [-0.25, -0.2) is 0 Å². The molecule has 1 aromatic rings. The Kier molecular flexibility index (Phi) is 6.09. The van der Waals surface area contributed by atoms with Crippen molar-refractivity contribution in [2.45, 2.75) is 46.7 Å². The first kappa shape index (κ1) is 16.9. The molecule has 0 atom stereocenters. The molecule has 0 fully saturated rings. The monoisotopic (exact) mass is 289 g/mol. The highest BCUT2D eigenvalue weighted by Crippen LogP contribution is 2.18. The first-order chi connectivity index (χ1) is 9.84. The number of hydrogen-bond acceptors (Lipinski definition) is 4. The number of carbonyl (C=O) groups is 1. The van der Waals surface area contributed by atoms with Crippen LogP contribution in [-0.4, -0.2) is 28.0 Å². The van der Waals surface area contributed by atoms with E-state index in [0.29, 0.717) is 5.69 Å². The molecule has 0 aliphatic heterocycles. The third kappa shape index (κ3) is 4.70. The second-order valence-corrected chi connectivity index (χ2v) is 5.37. The molecule has 1 N–H and O–H groups in total. The predicted molar refractivity (Wildman–Crippen MR) is 83.4 cm³/mol. The van der Waals surface area contributed by atoms with E-state index in [1.54, 1.807) is 17.0 Å². The van der Waals surface area contributed by atoms with E-state index in [0.717, 1.165) is 0 Å². The van der Waals surface area contributed by atoms with Crippen molar-refractivity contribution in [2.24, 2.45) is 10.2 Å². The second kappa shape index (κ2) is 7.57. The van der Waals surface area contributed by atoms with Gasteiger partial charge in [-0.15, -0.1) is 5.11 Å². The fourth-order valence-electron chi connectivity index (χ4n) is 2.06. The summed E-state index contributed by atoms with van der Waals surface area (Å²) in [6.07, 6.45) is 0. The van der Waals surface area contributed by atoms with Crippen LogP contribution in [0.5, 0.6) is 0 Å². The summed E-state index contributed by atoms with van der Waals surface area (Å²) in [7, 11) is 0. The number of azo groups is 1. The summed E-state index contributed by atoms with van der Waals surface area (Å²) in [5.41, 5.74) is 0.603. The number of nitrogens with zero attached hydrogens (tertiary/aromatic N) is 3. The number of aliphatic hydroxyl groups excluding tert-OH is 1. The quantitative estimate of drug-likeness (QED) is 0.501. The second-order valence-electron chi connectivity index (χ2n) is 5.37. The lowest BCUT2D eigenvalue weighted by Gasteiger charge is -2.30. The van der Waals surface area contributed by atoms with Crippen LogP contribution in [0.1, 0.15) is 34.6 Å². The average molecular weight is 289 g/mol. The Hall–Kier alpha value is -2.17. The maximum atomic E-state index is 12.5. The van der Waals surface area contributed by atoms with E-state index in [9.17, 15) is 9.90 Å². The minimum Gasteiger partial charge on any atom is -0.510 e. The van der Waals surface area contributed by atoms with Crippen molar-refractivity contribution in [3.63, 3.8) is 0 Å². The van der Waals surface area contributed by atoms with Crippen LogP contribution >= 0.6 is 0 Å². The van der Waals surface area contributed by atoms with Crippen LogP contribution in [-0.2, 0) is 4.79 Å². The zero-order valence-corrected chi connectivity index (χ0v) is 13.2. The van der Waals surface area contributed by atoms with Crippen LogP contribution in [0.3, 0.4) is 0 Å². The third-order valence-corrected chi connectivity index (χ3v) is 2.91. The lowest BCUT2D eigenvalue weighted by molar-refractivity contribution is -0.130. The highest BCUT2D eigenvalue weighted by atomic mass is 16.3. The van der Waals surface area contributed by atoms with Crippen LogP contribution in [0.4, 0.5) is 5.69 Å². The third-order valence-electron chi connectivity index (χ3n) is 2.91. The maximum absolute atomic E-state index is 12.5. The fourth-order valence-corrected chi connectivity index (χ4v) is 2.06. The fraction of sp³-hybridized carbons (Fsp3) is 0.438. The molecule has 5 heteroatoms. The van der Waals surface area contributed by atoms with Crippen molar-refractivity contribution in [3.8, 4) is 0 Å². The van der Waals surface area contributed by atoms with E-state index in [2.05, 4.69) is 10.2 Å². The van der Waals surface area contributed by atoms with Gasteiger partial charge < -0.3 is 10.0 Å². The molecule has 1 amide bonds. The lowest BCUT2D eigenvalue weighted by atomic mass is 10.2. The number of aliphatic hydroxyl groups is 1. The summed E-state index contributed by atoms with van der Waals surface area (Å²) in [4.78, 5) is 14.2. The van der Waals surface area contributed by atoms with E-state index in [1.165, 1.54) is 6.92 Å². The number of rotatable bonds is 5. The van der Waals surface area contributed by atoms with Gasteiger partial charge in [-0.2, -0.15) is 5.11 Å². The van der Waals surface area contributed by atoms with Gasteiger partial charge in [-0.3, -0.25) is 4.79 Å². The Bertz CT molecular complexity index is 522. The molecule has 0 aromatic heterocycles. The topological polar surface area (TPSA) is 65.3 Å². The van der Waals surface area contributed by atoms with Crippen LogP contribution in [0.2, 0.25) is 0 Å². The standard InChI is InChI=1S/C16H23N3O2/c1-11(2)19(12(3)4)16(21)15(13(5)20)18-17-14-9-7-6-8-10-14/h6-12,20H,1-5H3. The molecule has 5 nitrogen and oxygen atoms in total. The summed E-state index contributed by atoms with van der Waals surface area (Å²) in [6, 6.07) is 9.12. The van der Waals surface area contributed by atoms with E-state index in [-0.39, 0.29) is 29.4 Å². The summed E-state index contributed by atoms with van der Waals surface area (Å²) in [5, 5.41) is 17.7. The molecule has 0 radical (unpaired) electrons. The van der Waals surface area contributed by atoms with Crippen LogP contribution in [0, 0.1) is 0 Å². The lowest BCUT2D eigenvalue weighted by Crippen LogP contribution is -2.42. The number of amides is 1. The Labute approximate surface area is 126 Å². The average Bonchev–Trinajstić information content (AvgIpc) is 2.38. The number of carbonyl (C=O) groups excluding carboxylic acids is 1. The molecule has 0 aliphatic carbocycles. The smallest absolute Gasteiger partial charge is 0.278 e. The number of allylic oxidation sites excluding steroid dienone is 1. The van der Waals surface area contributed by atoms with E-state index in [1.807, 2.05) is 45.9 Å². The van der Waals surface area contributed by atoms with Gasteiger partial charge >= 0.3 is 0 Å². The van der Waals surface area contributed by atoms with Gasteiger partial charge in [0.05, 0.1) is 5.69 Å². The van der Waals surface area contributed by atoms with E-state index < -0.39 is 0 Å². The van der Waals surface area contributed by atoms with Gasteiger partial charge in [-0.05, 0) is 46.8 Å². The van der Waals surface area contributed by atoms with Gasteiger partial charge in [0.2, 0.25) is 0 Å². The SMILES string of the molecule is CC(O)=C(N=Nc1ccccc1)C(=O)N(C(C)C)C(C)C. The molecule has 0 saturated heterocycles. The molecule has 1 aromatic carbocycles. The van der Waals surface area contributed by atoms with Gasteiger partial charge in [0, 0.05) is 12.1 Å². The van der Waals surface area contributed by atoms with Crippen molar-refractivity contribution < 1.29 is 9.90 Å². The first-order valence-electron chi connectivity index (χ1n) is 7.04. The van der Waals surface area contributed by atoms with Gasteiger partial charge in [-0.1, -0.05) is 18.2 Å². The molecule has 0 saturated carbocycles. The largest absolute Gasteiger partial charge is 0.510 e. The maximum Gasteiger partial charge on any atom is 0.278 e. The summed E-state index contributed by atoms with van der Waals surface area (Å²) < 4.78 is 0. The van der Waals surface area contributed by atoms with Crippen LogP contribution in [0.15, 0.2) is 52.0 Å². The zero-order chi connectivity index (χ0) is 16.0. The Morgan fingerprint density at radius 2 is 1.62 bits per heavy atom. The van der Waals surface area contributed by atoms with Gasteiger partial charge in [0.25, 0.3) is 5.91 Å². The highest BCUT2D eigenvalue weighted by Gasteiger charge is 2.25. The van der Waals surface area contributed by atoms with Gasteiger partial charge in [0.15, 0.2) is 5.70 Å². The Balaban J connectivity index is 3.06. The molecule has 0 unspecified atom stereocenters. The summed E-state index contributed by atoms with van der Waals surface area (Å²) >= 11 is 0. The molecule has 21 heavy (non-hydrogen) atoms. The normalized spacial score (nSPS) is 12.9.